The first-order valence-electron chi connectivity index (χ1n) is 13.0. The van der Waals surface area contributed by atoms with Crippen LogP contribution in [-0.2, 0) is 0 Å². The molecule has 182 valence electrons. The van der Waals surface area contributed by atoms with Crippen LogP contribution in [0.5, 0.6) is 0 Å². The van der Waals surface area contributed by atoms with Gasteiger partial charge in [0.25, 0.3) is 0 Å². The van der Waals surface area contributed by atoms with E-state index in [1.165, 1.54) is 89.9 Å². The molecular formula is C31H46O2. The summed E-state index contributed by atoms with van der Waals surface area (Å²) in [5.74, 6) is 12.6. The van der Waals surface area contributed by atoms with Crippen LogP contribution in [0.15, 0.2) is 36.5 Å². The van der Waals surface area contributed by atoms with Crippen LogP contribution in [0.25, 0.3) is 0 Å². The number of unbranched alkanes of at least 4 members (excludes halogenated alkanes) is 15. The summed E-state index contributed by atoms with van der Waals surface area (Å²) in [5, 5.41) is 18.1. The van der Waals surface area contributed by atoms with Gasteiger partial charge in [-0.3, -0.25) is 0 Å². The molecule has 0 aliphatic carbocycles. The fourth-order valence-electron chi connectivity index (χ4n) is 3.49. The van der Waals surface area contributed by atoms with Crippen molar-refractivity contribution in [3.63, 3.8) is 0 Å². The predicted octanol–water partition coefficient (Wildman–Crippen LogP) is 7.28. The molecule has 0 spiro atoms. The highest BCUT2D eigenvalue weighted by Crippen LogP contribution is 2.12. The highest BCUT2D eigenvalue weighted by molar-refractivity contribution is 5.28. The Morgan fingerprint density at radius 3 is 1.55 bits per heavy atom. The topological polar surface area (TPSA) is 40.5 Å². The second-order valence-corrected chi connectivity index (χ2v) is 8.39. The van der Waals surface area contributed by atoms with Gasteiger partial charge < -0.3 is 10.2 Å². The van der Waals surface area contributed by atoms with E-state index in [1.807, 2.05) is 12.2 Å². The summed E-state index contributed by atoms with van der Waals surface area (Å²) in [5.41, 5.74) is 0. The molecule has 2 nitrogen and oxygen atoms in total. The number of hydrogen-bond acceptors (Lipinski definition) is 2. The molecule has 0 aromatic rings. The molecule has 0 fully saturated rings. The summed E-state index contributed by atoms with van der Waals surface area (Å²) in [7, 11) is 0. The maximum atomic E-state index is 9.62. The van der Waals surface area contributed by atoms with Crippen molar-refractivity contribution < 1.29 is 10.2 Å². The standard InChI is InChI=1S/C31H46O2/c1-2-3-4-5-6-7-8-9-10-11-12-13-14-15-16-17-18-19-20-21-22-23-25-28-31(33)29-26-24-27-30-32/h1,3-4,15-16,25,28,31-33H,5-14,17-23,30H2/b4-3-,16-15-,28-25+/t31-/m1/s1. The molecule has 0 rings (SSSR count). The van der Waals surface area contributed by atoms with Crippen LogP contribution in [0.3, 0.4) is 0 Å². The van der Waals surface area contributed by atoms with Gasteiger partial charge in [0.15, 0.2) is 0 Å². The Hall–Kier alpha value is -2.18. The molecule has 0 unspecified atom stereocenters. The van der Waals surface area contributed by atoms with Gasteiger partial charge in [0.1, 0.15) is 12.7 Å². The van der Waals surface area contributed by atoms with Crippen molar-refractivity contribution in [2.75, 3.05) is 6.61 Å². The second-order valence-electron chi connectivity index (χ2n) is 8.39. The average Bonchev–Trinajstić information content (AvgIpc) is 2.82. The summed E-state index contributed by atoms with van der Waals surface area (Å²) >= 11 is 0. The van der Waals surface area contributed by atoms with Gasteiger partial charge in [0.2, 0.25) is 0 Å². The minimum Gasteiger partial charge on any atom is -0.384 e. The SMILES string of the molecule is C#C/C=C\CCCCCCCCCC/C=C\CCCCCCC/C=C/[C@@H](O)C#CC#CCO. The maximum absolute atomic E-state index is 9.62. The Kier molecular flexibility index (Phi) is 26.0. The largest absolute Gasteiger partial charge is 0.384 e. The lowest BCUT2D eigenvalue weighted by Crippen LogP contribution is -1.96. The van der Waals surface area contributed by atoms with E-state index in [4.69, 9.17) is 11.5 Å². The average molecular weight is 451 g/mol. The molecule has 0 aliphatic heterocycles. The van der Waals surface area contributed by atoms with Crippen LogP contribution in [-0.4, -0.2) is 22.9 Å². The highest BCUT2D eigenvalue weighted by Gasteiger charge is 1.93. The van der Waals surface area contributed by atoms with Crippen LogP contribution >= 0.6 is 0 Å². The van der Waals surface area contributed by atoms with Gasteiger partial charge in [-0.25, -0.2) is 0 Å². The fourth-order valence-corrected chi connectivity index (χ4v) is 3.49. The zero-order chi connectivity index (χ0) is 24.1. The van der Waals surface area contributed by atoms with E-state index in [2.05, 4.69) is 47.8 Å². The number of aliphatic hydroxyl groups excluding tert-OH is 2. The van der Waals surface area contributed by atoms with E-state index >= 15 is 0 Å². The van der Waals surface area contributed by atoms with Crippen LogP contribution in [0.2, 0.25) is 0 Å². The lowest BCUT2D eigenvalue weighted by molar-refractivity contribution is 0.280. The van der Waals surface area contributed by atoms with Gasteiger partial charge in [0.05, 0.1) is 0 Å². The van der Waals surface area contributed by atoms with Crippen LogP contribution < -0.4 is 0 Å². The van der Waals surface area contributed by atoms with Crippen molar-refractivity contribution in [1.82, 2.24) is 0 Å². The van der Waals surface area contributed by atoms with E-state index in [1.54, 1.807) is 6.08 Å². The first-order valence-corrected chi connectivity index (χ1v) is 13.0. The van der Waals surface area contributed by atoms with Gasteiger partial charge in [-0.1, -0.05) is 99.9 Å². The molecule has 1 atom stereocenters. The normalized spacial score (nSPS) is 11.9. The van der Waals surface area contributed by atoms with Crippen LogP contribution in [0, 0.1) is 36.0 Å². The quantitative estimate of drug-likeness (QED) is 0.116. The van der Waals surface area contributed by atoms with E-state index in [0.717, 1.165) is 19.3 Å². The molecule has 0 aromatic carbocycles. The number of terminal acetylenes is 1. The van der Waals surface area contributed by atoms with Gasteiger partial charge in [-0.2, -0.15) is 0 Å². The minimum absolute atomic E-state index is 0.202. The fraction of sp³-hybridized carbons (Fsp3) is 0.613. The molecule has 0 amide bonds. The summed E-state index contributed by atoms with van der Waals surface area (Å²) in [6.45, 7) is -0.202. The molecule has 2 heteroatoms. The third-order valence-corrected chi connectivity index (χ3v) is 5.38. The molecule has 0 heterocycles. The third-order valence-electron chi connectivity index (χ3n) is 5.38. The van der Waals surface area contributed by atoms with Crippen molar-refractivity contribution >= 4 is 0 Å². The molecule has 0 bridgehead atoms. The summed E-state index contributed by atoms with van der Waals surface area (Å²) in [4.78, 5) is 0. The predicted molar refractivity (Wildman–Crippen MR) is 143 cm³/mol. The Balaban J connectivity index is 3.31. The molecule has 0 aliphatic rings. The third kappa shape index (κ3) is 27.8. The van der Waals surface area contributed by atoms with E-state index in [-0.39, 0.29) is 6.61 Å². The number of rotatable bonds is 20. The first-order chi connectivity index (χ1) is 16.3. The van der Waals surface area contributed by atoms with E-state index in [9.17, 15) is 5.11 Å². The van der Waals surface area contributed by atoms with Gasteiger partial charge in [0, 0.05) is 0 Å². The van der Waals surface area contributed by atoms with E-state index < -0.39 is 6.10 Å². The van der Waals surface area contributed by atoms with Gasteiger partial charge >= 0.3 is 0 Å². The lowest BCUT2D eigenvalue weighted by Gasteiger charge is -2.01. The highest BCUT2D eigenvalue weighted by atomic mass is 16.3. The number of allylic oxidation sites excluding steroid dienone is 5. The zero-order valence-electron chi connectivity index (χ0n) is 20.7. The molecule has 0 saturated heterocycles. The summed E-state index contributed by atoms with van der Waals surface area (Å²) in [6.07, 6.45) is 38.4. The summed E-state index contributed by atoms with van der Waals surface area (Å²) in [6, 6.07) is 0. The Morgan fingerprint density at radius 1 is 0.606 bits per heavy atom. The van der Waals surface area contributed by atoms with Gasteiger partial charge in [-0.15, -0.1) is 6.42 Å². The van der Waals surface area contributed by atoms with Crippen molar-refractivity contribution in [3.05, 3.63) is 36.5 Å². The first kappa shape index (κ1) is 30.8. The van der Waals surface area contributed by atoms with Crippen LogP contribution in [0.4, 0.5) is 0 Å². The maximum Gasteiger partial charge on any atom is 0.134 e. The van der Waals surface area contributed by atoms with Crippen molar-refractivity contribution in [1.29, 1.82) is 0 Å². The number of hydrogen-bond donors (Lipinski definition) is 2. The molecule has 2 N–H and O–H groups in total. The zero-order valence-corrected chi connectivity index (χ0v) is 20.7. The molecule has 33 heavy (non-hydrogen) atoms. The van der Waals surface area contributed by atoms with Crippen molar-refractivity contribution in [3.8, 4) is 36.0 Å². The van der Waals surface area contributed by atoms with Crippen molar-refractivity contribution in [2.45, 2.75) is 115 Å². The molecule has 0 radical (unpaired) electrons. The van der Waals surface area contributed by atoms with Gasteiger partial charge in [-0.05, 0) is 75.4 Å². The lowest BCUT2D eigenvalue weighted by atomic mass is 10.1. The smallest absolute Gasteiger partial charge is 0.134 e. The molecule has 0 saturated carbocycles. The minimum atomic E-state index is -0.771. The Bertz CT molecular complexity index is 670. The molecular weight excluding hydrogens is 404 g/mol. The van der Waals surface area contributed by atoms with Crippen molar-refractivity contribution in [2.24, 2.45) is 0 Å². The number of aliphatic hydroxyl groups is 2. The van der Waals surface area contributed by atoms with E-state index in [0.29, 0.717) is 0 Å². The second kappa shape index (κ2) is 27.9. The Labute approximate surface area is 204 Å². The monoisotopic (exact) mass is 450 g/mol. The molecule has 0 aromatic heterocycles. The summed E-state index contributed by atoms with van der Waals surface area (Å²) < 4.78 is 0. The Morgan fingerprint density at radius 2 is 1.06 bits per heavy atom. The van der Waals surface area contributed by atoms with Crippen LogP contribution in [0.1, 0.15) is 109 Å².